The molecule has 0 aliphatic heterocycles. The van der Waals surface area contributed by atoms with E-state index in [4.69, 9.17) is 0 Å². The van der Waals surface area contributed by atoms with E-state index in [1.807, 2.05) is 6.92 Å². The predicted octanol–water partition coefficient (Wildman–Crippen LogP) is 3.76. The lowest BCUT2D eigenvalue weighted by Gasteiger charge is -2.19. The third kappa shape index (κ3) is 3.20. The number of benzene rings is 1. The summed E-state index contributed by atoms with van der Waals surface area (Å²) in [5.74, 6) is -0.618. The van der Waals surface area contributed by atoms with Gasteiger partial charge in [0.15, 0.2) is 0 Å². The van der Waals surface area contributed by atoms with Crippen molar-refractivity contribution in [2.75, 3.05) is 6.54 Å². The van der Waals surface area contributed by atoms with E-state index in [2.05, 4.69) is 10.3 Å². The first kappa shape index (κ1) is 14.6. The number of halogens is 2. The molecule has 2 rings (SSSR count). The largest absolute Gasteiger partial charge is 0.305 e. The Morgan fingerprint density at radius 3 is 2.65 bits per heavy atom. The van der Waals surface area contributed by atoms with Crippen LogP contribution in [0.4, 0.5) is 8.78 Å². The zero-order valence-corrected chi connectivity index (χ0v) is 11.7. The van der Waals surface area contributed by atoms with Gasteiger partial charge in [-0.3, -0.25) is 4.98 Å². The van der Waals surface area contributed by atoms with Crippen LogP contribution in [0.25, 0.3) is 0 Å². The molecular weight excluding hydrogens is 258 g/mol. The number of nitrogens with zero attached hydrogens (tertiary/aromatic N) is 1. The van der Waals surface area contributed by atoms with Crippen LogP contribution in [-0.4, -0.2) is 11.5 Å². The fourth-order valence-corrected chi connectivity index (χ4v) is 2.12. The highest BCUT2D eigenvalue weighted by atomic mass is 19.1. The highest BCUT2D eigenvalue weighted by molar-refractivity contribution is 5.32. The number of pyridine rings is 1. The van der Waals surface area contributed by atoms with Crippen LogP contribution in [0.5, 0.6) is 0 Å². The first-order valence-corrected chi connectivity index (χ1v) is 6.73. The van der Waals surface area contributed by atoms with Crippen molar-refractivity contribution < 1.29 is 8.78 Å². The molecule has 1 heterocycles. The molecular formula is C16H18F2N2. The summed E-state index contributed by atoms with van der Waals surface area (Å²) in [6.07, 6.45) is 2.49. The van der Waals surface area contributed by atoms with Gasteiger partial charge in [-0.1, -0.05) is 19.1 Å². The maximum absolute atomic E-state index is 14.0. The average molecular weight is 276 g/mol. The van der Waals surface area contributed by atoms with Crippen molar-refractivity contribution in [3.8, 4) is 0 Å². The van der Waals surface area contributed by atoms with Crippen molar-refractivity contribution in [3.63, 3.8) is 0 Å². The van der Waals surface area contributed by atoms with E-state index in [1.54, 1.807) is 31.3 Å². The fraction of sp³-hybridized carbons (Fsp3) is 0.312. The highest BCUT2D eigenvalue weighted by Gasteiger charge is 2.19. The lowest BCUT2D eigenvalue weighted by molar-refractivity contribution is 0.530. The highest BCUT2D eigenvalue weighted by Crippen LogP contribution is 2.24. The quantitative estimate of drug-likeness (QED) is 0.899. The summed E-state index contributed by atoms with van der Waals surface area (Å²) in [5.41, 5.74) is 1.70. The van der Waals surface area contributed by atoms with Crippen molar-refractivity contribution in [1.29, 1.82) is 0 Å². The minimum Gasteiger partial charge on any atom is -0.305 e. The van der Waals surface area contributed by atoms with E-state index in [0.29, 0.717) is 11.3 Å². The number of rotatable bonds is 5. The van der Waals surface area contributed by atoms with E-state index >= 15 is 0 Å². The third-order valence-electron chi connectivity index (χ3n) is 3.17. The van der Waals surface area contributed by atoms with Gasteiger partial charge in [-0.25, -0.2) is 8.78 Å². The zero-order valence-electron chi connectivity index (χ0n) is 11.7. The van der Waals surface area contributed by atoms with Gasteiger partial charge in [0.05, 0.1) is 11.7 Å². The zero-order chi connectivity index (χ0) is 14.5. The molecule has 20 heavy (non-hydrogen) atoms. The van der Waals surface area contributed by atoms with Gasteiger partial charge in [0.1, 0.15) is 11.6 Å². The van der Waals surface area contributed by atoms with E-state index < -0.39 is 0 Å². The van der Waals surface area contributed by atoms with E-state index in [1.165, 1.54) is 12.1 Å². The summed E-state index contributed by atoms with van der Waals surface area (Å²) in [5, 5.41) is 3.26. The Balaban J connectivity index is 2.41. The topological polar surface area (TPSA) is 24.9 Å². The molecule has 1 aromatic heterocycles. The Bertz CT molecular complexity index is 584. The standard InChI is InChI=1S/C16H18F2N2/c1-3-8-19-15(16-14(18)5-4-9-20-16)12-6-7-13(17)11(2)10-12/h4-7,9-10,15,19H,3,8H2,1-2H3. The number of hydrogen-bond acceptors (Lipinski definition) is 2. The molecule has 0 bridgehead atoms. The Morgan fingerprint density at radius 2 is 2.00 bits per heavy atom. The summed E-state index contributed by atoms with van der Waals surface area (Å²) in [7, 11) is 0. The van der Waals surface area contributed by atoms with Crippen molar-refractivity contribution in [2.45, 2.75) is 26.3 Å². The van der Waals surface area contributed by atoms with Crippen LogP contribution in [-0.2, 0) is 0 Å². The predicted molar refractivity (Wildman–Crippen MR) is 75.5 cm³/mol. The van der Waals surface area contributed by atoms with Crippen LogP contribution in [0.2, 0.25) is 0 Å². The van der Waals surface area contributed by atoms with Gasteiger partial charge >= 0.3 is 0 Å². The Hall–Kier alpha value is -1.81. The van der Waals surface area contributed by atoms with Crippen LogP contribution in [0.3, 0.4) is 0 Å². The lowest BCUT2D eigenvalue weighted by Crippen LogP contribution is -2.25. The Kier molecular flexibility index (Phi) is 4.79. The molecule has 0 spiro atoms. The van der Waals surface area contributed by atoms with Gasteiger partial charge < -0.3 is 5.32 Å². The second kappa shape index (κ2) is 6.57. The Morgan fingerprint density at radius 1 is 1.20 bits per heavy atom. The van der Waals surface area contributed by atoms with Crippen molar-refractivity contribution in [2.24, 2.45) is 0 Å². The molecule has 2 aromatic rings. The summed E-state index contributed by atoms with van der Waals surface area (Å²) in [6, 6.07) is 7.40. The molecule has 0 aliphatic rings. The van der Waals surface area contributed by atoms with Gasteiger partial charge in [0.25, 0.3) is 0 Å². The van der Waals surface area contributed by atoms with E-state index in [0.717, 1.165) is 18.5 Å². The molecule has 0 radical (unpaired) electrons. The molecule has 0 fully saturated rings. The molecule has 1 aromatic carbocycles. The van der Waals surface area contributed by atoms with Crippen LogP contribution >= 0.6 is 0 Å². The molecule has 106 valence electrons. The average Bonchev–Trinajstić information content (AvgIpc) is 2.44. The summed E-state index contributed by atoms with van der Waals surface area (Å²) in [4.78, 5) is 4.13. The maximum atomic E-state index is 14.0. The second-order valence-electron chi connectivity index (χ2n) is 4.77. The second-order valence-corrected chi connectivity index (χ2v) is 4.77. The van der Waals surface area contributed by atoms with Gasteiger partial charge in [-0.15, -0.1) is 0 Å². The smallest absolute Gasteiger partial charge is 0.146 e. The lowest BCUT2D eigenvalue weighted by atomic mass is 10.00. The van der Waals surface area contributed by atoms with Crippen molar-refractivity contribution in [1.82, 2.24) is 10.3 Å². The number of nitrogens with one attached hydrogen (secondary N) is 1. The number of hydrogen-bond donors (Lipinski definition) is 1. The van der Waals surface area contributed by atoms with Crippen molar-refractivity contribution >= 4 is 0 Å². The summed E-state index contributed by atoms with van der Waals surface area (Å²) in [6.45, 7) is 4.47. The summed E-state index contributed by atoms with van der Waals surface area (Å²) >= 11 is 0. The summed E-state index contributed by atoms with van der Waals surface area (Å²) < 4.78 is 27.3. The maximum Gasteiger partial charge on any atom is 0.146 e. The van der Waals surface area contributed by atoms with Crippen LogP contribution in [0.1, 0.15) is 36.2 Å². The van der Waals surface area contributed by atoms with Gasteiger partial charge in [0, 0.05) is 6.20 Å². The first-order valence-electron chi connectivity index (χ1n) is 6.73. The number of aromatic nitrogens is 1. The van der Waals surface area contributed by atoms with Gasteiger partial charge in [-0.05, 0) is 49.2 Å². The van der Waals surface area contributed by atoms with Crippen LogP contribution in [0, 0.1) is 18.6 Å². The normalized spacial score (nSPS) is 12.4. The van der Waals surface area contributed by atoms with Gasteiger partial charge in [0.2, 0.25) is 0 Å². The molecule has 4 heteroatoms. The molecule has 0 saturated heterocycles. The molecule has 1 unspecified atom stereocenters. The van der Waals surface area contributed by atoms with Crippen molar-refractivity contribution in [3.05, 3.63) is 65.0 Å². The first-order chi connectivity index (χ1) is 9.63. The Labute approximate surface area is 117 Å². The molecule has 0 aliphatic carbocycles. The fourth-order valence-electron chi connectivity index (χ4n) is 2.12. The molecule has 1 N–H and O–H groups in total. The van der Waals surface area contributed by atoms with Crippen LogP contribution < -0.4 is 5.32 Å². The minimum atomic E-state index is -0.365. The van der Waals surface area contributed by atoms with E-state index in [-0.39, 0.29) is 17.7 Å². The molecule has 1 atom stereocenters. The van der Waals surface area contributed by atoms with Gasteiger partial charge in [-0.2, -0.15) is 0 Å². The molecule has 2 nitrogen and oxygen atoms in total. The minimum absolute atomic E-state index is 0.260. The molecule has 0 amide bonds. The van der Waals surface area contributed by atoms with Crippen LogP contribution in [0.15, 0.2) is 36.5 Å². The molecule has 0 saturated carbocycles. The monoisotopic (exact) mass is 276 g/mol. The van der Waals surface area contributed by atoms with E-state index in [9.17, 15) is 8.78 Å². The SMILES string of the molecule is CCCNC(c1ccc(F)c(C)c1)c1ncccc1F. The third-order valence-corrected chi connectivity index (χ3v) is 3.17. The number of aryl methyl sites for hydroxylation is 1.